The molecule has 7 heteroatoms. The van der Waals surface area contributed by atoms with Gasteiger partial charge in [-0.25, -0.2) is 0 Å². The molecule has 5 rings (SSSR count). The average molecular weight is 480 g/mol. The summed E-state index contributed by atoms with van der Waals surface area (Å²) >= 11 is 0. The lowest BCUT2D eigenvalue weighted by Gasteiger charge is -2.18. The number of pyridine rings is 1. The zero-order chi connectivity index (χ0) is 25.1. The minimum Gasteiger partial charge on any atom is -0.486 e. The summed E-state index contributed by atoms with van der Waals surface area (Å²) in [5.41, 5.74) is 4.80. The van der Waals surface area contributed by atoms with Crippen LogP contribution < -0.4 is 20.1 Å². The summed E-state index contributed by atoms with van der Waals surface area (Å²) in [6, 6.07) is 18.2. The second-order valence-corrected chi connectivity index (χ2v) is 8.50. The van der Waals surface area contributed by atoms with Crippen LogP contribution in [-0.4, -0.2) is 30.0 Å². The Labute approximate surface area is 208 Å². The summed E-state index contributed by atoms with van der Waals surface area (Å²) in [6.07, 6.45) is 4.09. The Balaban J connectivity index is 1.34. The fourth-order valence-corrected chi connectivity index (χ4v) is 4.08. The Kier molecular flexibility index (Phi) is 6.36. The normalized spacial score (nSPS) is 12.1. The number of rotatable bonds is 6. The number of nitrogens with one attached hydrogen (secondary N) is 2. The third kappa shape index (κ3) is 4.77. The molecule has 0 saturated heterocycles. The second-order valence-electron chi connectivity index (χ2n) is 8.50. The summed E-state index contributed by atoms with van der Waals surface area (Å²) in [7, 11) is 0. The first-order valence-electron chi connectivity index (χ1n) is 11.6. The summed E-state index contributed by atoms with van der Waals surface area (Å²) in [6.45, 7) is 6.64. The maximum atomic E-state index is 13.1. The van der Waals surface area contributed by atoms with Crippen LogP contribution in [0.4, 0.5) is 11.4 Å². The van der Waals surface area contributed by atoms with Crippen molar-refractivity contribution in [2.75, 3.05) is 23.8 Å². The molecule has 1 aliphatic heterocycles. The van der Waals surface area contributed by atoms with Crippen LogP contribution in [0.15, 0.2) is 79.5 Å². The summed E-state index contributed by atoms with van der Waals surface area (Å²) in [5.74, 6) is 0.599. The van der Waals surface area contributed by atoms with Crippen LogP contribution in [0, 0.1) is 6.92 Å². The number of anilines is 2. The molecule has 36 heavy (non-hydrogen) atoms. The van der Waals surface area contributed by atoms with Gasteiger partial charge < -0.3 is 20.1 Å². The monoisotopic (exact) mass is 479 g/mol. The Hall–Kier alpha value is -4.65. The minimum absolute atomic E-state index is 0.281. The van der Waals surface area contributed by atoms with E-state index in [4.69, 9.17) is 9.47 Å². The van der Waals surface area contributed by atoms with Crippen LogP contribution in [0.3, 0.4) is 0 Å². The van der Waals surface area contributed by atoms with Gasteiger partial charge in [0.05, 0.1) is 11.1 Å². The van der Waals surface area contributed by atoms with Crippen LogP contribution in [0.1, 0.15) is 31.8 Å². The van der Waals surface area contributed by atoms with E-state index in [0.717, 1.165) is 22.0 Å². The highest BCUT2D eigenvalue weighted by Gasteiger charge is 2.16. The van der Waals surface area contributed by atoms with Crippen LogP contribution in [0.2, 0.25) is 0 Å². The molecule has 3 aromatic carbocycles. The molecule has 0 bridgehead atoms. The minimum atomic E-state index is -0.290. The molecule has 2 N–H and O–H groups in total. The molecule has 0 spiro atoms. The number of carbonyl (C=O) groups excluding carboxylic acids is 2. The van der Waals surface area contributed by atoms with E-state index in [0.29, 0.717) is 53.6 Å². The molecule has 0 fully saturated rings. The van der Waals surface area contributed by atoms with Gasteiger partial charge in [-0.2, -0.15) is 0 Å². The number of hydrogen-bond donors (Lipinski definition) is 2. The van der Waals surface area contributed by atoms with Crippen LogP contribution in [-0.2, 0) is 6.42 Å². The van der Waals surface area contributed by atoms with Crippen molar-refractivity contribution in [1.29, 1.82) is 0 Å². The third-order valence-corrected chi connectivity index (χ3v) is 5.99. The molecular weight excluding hydrogens is 454 g/mol. The molecule has 0 aliphatic carbocycles. The van der Waals surface area contributed by atoms with Gasteiger partial charge in [0.25, 0.3) is 11.8 Å². The van der Waals surface area contributed by atoms with Gasteiger partial charge in [0.1, 0.15) is 13.2 Å². The van der Waals surface area contributed by atoms with Gasteiger partial charge in [0, 0.05) is 28.5 Å². The highest BCUT2D eigenvalue weighted by Crippen LogP contribution is 2.31. The van der Waals surface area contributed by atoms with Crippen molar-refractivity contribution in [3.8, 4) is 11.5 Å². The largest absolute Gasteiger partial charge is 0.486 e. The Morgan fingerprint density at radius 3 is 2.58 bits per heavy atom. The average Bonchev–Trinajstić information content (AvgIpc) is 2.90. The van der Waals surface area contributed by atoms with E-state index >= 15 is 0 Å². The predicted molar refractivity (Wildman–Crippen MR) is 140 cm³/mol. The fraction of sp³-hybridized carbons (Fsp3) is 0.138. The lowest BCUT2D eigenvalue weighted by Crippen LogP contribution is -2.17. The molecule has 7 nitrogen and oxygen atoms in total. The lowest BCUT2D eigenvalue weighted by molar-refractivity contribution is 0.101. The summed E-state index contributed by atoms with van der Waals surface area (Å²) in [4.78, 5) is 30.4. The number of nitrogens with zero attached hydrogens (tertiary/aromatic N) is 1. The number of fused-ring (bicyclic) bond motifs is 2. The van der Waals surface area contributed by atoms with E-state index in [1.807, 2.05) is 43.3 Å². The van der Waals surface area contributed by atoms with Gasteiger partial charge in [-0.1, -0.05) is 24.3 Å². The molecule has 1 aliphatic rings. The maximum Gasteiger partial charge on any atom is 0.257 e. The van der Waals surface area contributed by atoms with E-state index in [2.05, 4.69) is 22.2 Å². The van der Waals surface area contributed by atoms with Gasteiger partial charge in [-0.05, 0) is 66.9 Å². The van der Waals surface area contributed by atoms with Crippen LogP contribution in [0.25, 0.3) is 10.9 Å². The summed E-state index contributed by atoms with van der Waals surface area (Å²) < 4.78 is 11.1. The predicted octanol–water partition coefficient (Wildman–Crippen LogP) is 5.55. The molecule has 180 valence electrons. The Morgan fingerprint density at radius 2 is 1.75 bits per heavy atom. The number of aryl methyl sites for hydroxylation is 1. The van der Waals surface area contributed by atoms with Gasteiger partial charge in [-0.3, -0.25) is 14.6 Å². The van der Waals surface area contributed by atoms with Crippen molar-refractivity contribution >= 4 is 34.1 Å². The maximum absolute atomic E-state index is 13.1. The van der Waals surface area contributed by atoms with Crippen molar-refractivity contribution in [2.24, 2.45) is 0 Å². The number of allylic oxidation sites excluding steroid dienone is 1. The first-order valence-corrected chi connectivity index (χ1v) is 11.6. The molecule has 4 aromatic rings. The lowest BCUT2D eigenvalue weighted by atomic mass is 10.0. The van der Waals surface area contributed by atoms with E-state index in [-0.39, 0.29) is 11.8 Å². The topological polar surface area (TPSA) is 89.6 Å². The number of hydrogen-bond acceptors (Lipinski definition) is 5. The number of ether oxygens (including phenoxy) is 2. The van der Waals surface area contributed by atoms with Crippen molar-refractivity contribution in [3.05, 3.63) is 102 Å². The van der Waals surface area contributed by atoms with E-state index in [1.165, 1.54) is 0 Å². The smallest absolute Gasteiger partial charge is 0.257 e. The highest BCUT2D eigenvalue weighted by molar-refractivity contribution is 6.08. The zero-order valence-electron chi connectivity index (χ0n) is 19.8. The van der Waals surface area contributed by atoms with Crippen molar-refractivity contribution < 1.29 is 19.1 Å². The van der Waals surface area contributed by atoms with E-state index in [9.17, 15) is 9.59 Å². The first-order chi connectivity index (χ1) is 17.5. The molecule has 2 amide bonds. The molecule has 0 saturated carbocycles. The van der Waals surface area contributed by atoms with Crippen LogP contribution in [0.5, 0.6) is 11.5 Å². The van der Waals surface area contributed by atoms with E-state index in [1.54, 1.807) is 36.5 Å². The van der Waals surface area contributed by atoms with Crippen molar-refractivity contribution in [3.63, 3.8) is 0 Å². The molecule has 2 heterocycles. The number of benzene rings is 3. The molecular formula is C29H25N3O4. The first kappa shape index (κ1) is 23.1. The molecule has 0 atom stereocenters. The van der Waals surface area contributed by atoms with Crippen molar-refractivity contribution in [1.82, 2.24) is 4.98 Å². The molecule has 0 unspecified atom stereocenters. The quantitative estimate of drug-likeness (QED) is 0.354. The Bertz CT molecular complexity index is 1500. The standard InChI is InChI=1S/C29H25N3O4/c1-3-5-19-6-4-7-24-23(19)14-21(17-30-24)29(34)32-25-16-22(10-8-18(25)2)31-28(33)20-9-11-26-27(15-20)36-13-12-35-26/h3-4,6-11,14-17H,1,5,12-13H2,2H3,(H,31,33)(H,32,34). The number of amides is 2. The third-order valence-electron chi connectivity index (χ3n) is 5.99. The SMILES string of the molecule is C=CCc1cccc2ncc(C(=O)Nc3cc(NC(=O)c4ccc5c(c4)OCCO5)ccc3C)cc12. The van der Waals surface area contributed by atoms with E-state index < -0.39 is 0 Å². The molecule has 0 radical (unpaired) electrons. The van der Waals surface area contributed by atoms with Gasteiger partial charge >= 0.3 is 0 Å². The molecule has 1 aromatic heterocycles. The summed E-state index contributed by atoms with van der Waals surface area (Å²) in [5, 5.41) is 6.75. The second kappa shape index (κ2) is 9.92. The number of aromatic nitrogens is 1. The Morgan fingerprint density at radius 1 is 0.944 bits per heavy atom. The fourth-order valence-electron chi connectivity index (χ4n) is 4.08. The highest BCUT2D eigenvalue weighted by atomic mass is 16.6. The van der Waals surface area contributed by atoms with Gasteiger partial charge in [0.2, 0.25) is 0 Å². The van der Waals surface area contributed by atoms with Crippen molar-refractivity contribution in [2.45, 2.75) is 13.3 Å². The van der Waals surface area contributed by atoms with Crippen LogP contribution >= 0.6 is 0 Å². The van der Waals surface area contributed by atoms with Gasteiger partial charge in [0.15, 0.2) is 11.5 Å². The van der Waals surface area contributed by atoms with Gasteiger partial charge in [-0.15, -0.1) is 6.58 Å². The number of carbonyl (C=O) groups is 2. The zero-order valence-corrected chi connectivity index (χ0v) is 19.8.